The quantitative estimate of drug-likeness (QED) is 0.519. The van der Waals surface area contributed by atoms with Crippen LogP contribution in [0.15, 0.2) is 40.9 Å². The van der Waals surface area contributed by atoms with E-state index in [-0.39, 0.29) is 11.8 Å². The molecule has 8 nitrogen and oxygen atoms in total. The number of aromatic nitrogens is 6. The Hall–Kier alpha value is -3.07. The molecule has 3 aromatic heterocycles. The number of nitrogens with zero attached hydrogens (tertiary/aromatic N) is 6. The number of anilines is 1. The molecule has 1 unspecified atom stereocenters. The van der Waals surface area contributed by atoms with Gasteiger partial charge in [0.05, 0.1) is 5.69 Å². The van der Waals surface area contributed by atoms with Crippen LogP contribution in [-0.4, -0.2) is 35.5 Å². The number of amides is 1. The van der Waals surface area contributed by atoms with Crippen LogP contribution in [0.2, 0.25) is 0 Å². The Bertz CT molecular complexity index is 1240. The topological polar surface area (TPSA) is 90.0 Å². The molecule has 4 aromatic rings. The van der Waals surface area contributed by atoms with Gasteiger partial charge in [-0.05, 0) is 43.7 Å². The van der Waals surface area contributed by atoms with Crippen molar-refractivity contribution >= 4 is 33.3 Å². The average molecular weight is 438 g/mol. The van der Waals surface area contributed by atoms with Gasteiger partial charge >= 0.3 is 0 Å². The number of nitrogens with one attached hydrogen (secondary N) is 1. The molecule has 0 radical (unpaired) electrons. The first kappa shape index (κ1) is 17.1. The van der Waals surface area contributed by atoms with Gasteiger partial charge in [-0.2, -0.15) is 14.3 Å². The van der Waals surface area contributed by atoms with Crippen LogP contribution >= 0.6 is 15.9 Å². The highest BCUT2D eigenvalue weighted by molar-refractivity contribution is 9.10. The largest absolute Gasteiger partial charge is 0.310 e. The molecule has 1 amide bonds. The number of rotatable bonds is 2. The molecule has 1 aliphatic heterocycles. The molecule has 4 heterocycles. The summed E-state index contributed by atoms with van der Waals surface area (Å²) in [4.78, 5) is 12.5. The molecule has 0 fully saturated rings. The summed E-state index contributed by atoms with van der Waals surface area (Å²) < 4.78 is 4.33. The number of fused-ring (bicyclic) bond motifs is 2. The molecule has 0 aliphatic carbocycles. The van der Waals surface area contributed by atoms with Gasteiger partial charge in [0.15, 0.2) is 17.3 Å². The van der Waals surface area contributed by atoms with Gasteiger partial charge in [-0.1, -0.05) is 28.1 Å². The number of halogens is 1. The number of hydrogen-bond acceptors (Lipinski definition) is 5. The fourth-order valence-corrected chi connectivity index (χ4v) is 4.14. The van der Waals surface area contributed by atoms with Crippen LogP contribution < -0.4 is 5.32 Å². The van der Waals surface area contributed by atoms with Crippen molar-refractivity contribution in [3.8, 4) is 5.82 Å². The molecule has 1 aromatic carbocycles. The molecular weight excluding hydrogens is 422 g/mol. The predicted molar refractivity (Wildman–Crippen MR) is 107 cm³/mol. The number of carbonyl (C=O) groups is 1. The van der Waals surface area contributed by atoms with E-state index in [0.717, 1.165) is 21.3 Å². The number of benzene rings is 1. The molecule has 1 atom stereocenters. The van der Waals surface area contributed by atoms with Crippen molar-refractivity contribution in [2.75, 3.05) is 5.32 Å². The summed E-state index contributed by atoms with van der Waals surface area (Å²) in [6.45, 7) is 3.80. The van der Waals surface area contributed by atoms with E-state index in [4.69, 9.17) is 0 Å². The van der Waals surface area contributed by atoms with Crippen molar-refractivity contribution in [1.29, 1.82) is 0 Å². The lowest BCUT2D eigenvalue weighted by Gasteiger charge is -2.24. The van der Waals surface area contributed by atoms with Gasteiger partial charge in [-0.15, -0.1) is 15.3 Å². The minimum Gasteiger partial charge on any atom is -0.310 e. The third kappa shape index (κ3) is 2.62. The van der Waals surface area contributed by atoms with E-state index in [2.05, 4.69) is 47.7 Å². The van der Waals surface area contributed by atoms with E-state index in [9.17, 15) is 4.79 Å². The second kappa shape index (κ2) is 6.23. The summed E-state index contributed by atoms with van der Waals surface area (Å²) in [5.74, 6) is 1.84. The molecule has 5 rings (SSSR count). The second-order valence-electron chi connectivity index (χ2n) is 6.83. The lowest BCUT2D eigenvalue weighted by molar-refractivity contribution is -0.116. The third-order valence-corrected chi connectivity index (χ3v) is 5.47. The van der Waals surface area contributed by atoms with Crippen molar-refractivity contribution in [2.45, 2.75) is 26.2 Å². The summed E-state index contributed by atoms with van der Waals surface area (Å²) in [5, 5.41) is 20.4. The molecule has 0 saturated carbocycles. The van der Waals surface area contributed by atoms with E-state index >= 15 is 0 Å². The molecule has 0 spiro atoms. The van der Waals surface area contributed by atoms with Crippen molar-refractivity contribution in [1.82, 2.24) is 29.6 Å². The minimum absolute atomic E-state index is 0.0415. The van der Waals surface area contributed by atoms with Crippen LogP contribution in [-0.2, 0) is 4.79 Å². The van der Waals surface area contributed by atoms with Crippen LogP contribution in [0.5, 0.6) is 0 Å². The highest BCUT2D eigenvalue weighted by Crippen LogP contribution is 2.40. The fraction of sp³-hybridized carbons (Fsp3) is 0.211. The maximum absolute atomic E-state index is 12.5. The van der Waals surface area contributed by atoms with E-state index in [1.807, 2.05) is 44.2 Å². The van der Waals surface area contributed by atoms with Gasteiger partial charge < -0.3 is 5.32 Å². The molecule has 28 heavy (non-hydrogen) atoms. The molecule has 140 valence electrons. The Morgan fingerprint density at radius 1 is 1.14 bits per heavy atom. The Balaban J connectivity index is 1.69. The Labute approximate surface area is 168 Å². The Kier molecular flexibility index (Phi) is 3.80. The summed E-state index contributed by atoms with van der Waals surface area (Å²) in [5.41, 5.74) is 3.61. The molecule has 0 bridgehead atoms. The van der Waals surface area contributed by atoms with Gasteiger partial charge in [0.2, 0.25) is 5.91 Å². The SMILES string of the molecule is Cc1nn(-c2ccc3nnc(C)n3n2)c2c1C(c1cccc(Br)c1)CC(=O)N2. The van der Waals surface area contributed by atoms with Gasteiger partial charge in [-0.25, -0.2) is 0 Å². The van der Waals surface area contributed by atoms with Crippen molar-refractivity contribution < 1.29 is 4.79 Å². The fourth-order valence-electron chi connectivity index (χ4n) is 3.72. The van der Waals surface area contributed by atoms with Crippen LogP contribution in [0.4, 0.5) is 5.82 Å². The zero-order valence-electron chi connectivity index (χ0n) is 15.2. The Morgan fingerprint density at radius 3 is 2.82 bits per heavy atom. The van der Waals surface area contributed by atoms with Crippen molar-refractivity contribution in [3.05, 3.63) is 63.5 Å². The van der Waals surface area contributed by atoms with Crippen molar-refractivity contribution in [2.24, 2.45) is 0 Å². The average Bonchev–Trinajstić information content (AvgIpc) is 3.21. The van der Waals surface area contributed by atoms with Crippen LogP contribution in [0.1, 0.15) is 35.0 Å². The van der Waals surface area contributed by atoms with E-state index in [0.29, 0.717) is 29.5 Å². The second-order valence-corrected chi connectivity index (χ2v) is 7.74. The molecule has 1 aliphatic rings. The molecule has 9 heteroatoms. The highest BCUT2D eigenvalue weighted by Gasteiger charge is 2.33. The number of aryl methyl sites for hydroxylation is 2. The smallest absolute Gasteiger partial charge is 0.226 e. The molecule has 0 saturated heterocycles. The maximum Gasteiger partial charge on any atom is 0.226 e. The van der Waals surface area contributed by atoms with Gasteiger partial charge in [-0.3, -0.25) is 4.79 Å². The highest BCUT2D eigenvalue weighted by atomic mass is 79.9. The maximum atomic E-state index is 12.5. The van der Waals surface area contributed by atoms with Gasteiger partial charge in [0.1, 0.15) is 5.82 Å². The Morgan fingerprint density at radius 2 is 2.00 bits per heavy atom. The van der Waals surface area contributed by atoms with Crippen molar-refractivity contribution in [3.63, 3.8) is 0 Å². The predicted octanol–water partition coefficient (Wildman–Crippen LogP) is 3.16. The lowest BCUT2D eigenvalue weighted by atomic mass is 9.86. The van der Waals surface area contributed by atoms with E-state index in [1.165, 1.54) is 0 Å². The standard InChI is InChI=1S/C19H16BrN7O/c1-10-18-14(12-4-3-5-13(20)8-12)9-17(28)21-19(18)27(24-10)16-7-6-15-23-22-11(2)26(15)25-16/h3-8,14H,9H2,1-2H3,(H,21,28). The first-order chi connectivity index (χ1) is 13.5. The summed E-state index contributed by atoms with van der Waals surface area (Å²) in [7, 11) is 0. The zero-order valence-corrected chi connectivity index (χ0v) is 16.8. The normalized spacial score (nSPS) is 16.2. The monoisotopic (exact) mass is 437 g/mol. The van der Waals surface area contributed by atoms with Crippen LogP contribution in [0.3, 0.4) is 0 Å². The summed E-state index contributed by atoms with van der Waals surface area (Å²) in [6.07, 6.45) is 0.382. The first-order valence-electron chi connectivity index (χ1n) is 8.85. The number of carbonyl (C=O) groups excluding carboxylic acids is 1. The third-order valence-electron chi connectivity index (χ3n) is 4.98. The van der Waals surface area contributed by atoms with Gasteiger partial charge in [0.25, 0.3) is 0 Å². The van der Waals surface area contributed by atoms with Crippen LogP contribution in [0.25, 0.3) is 11.5 Å². The molecule has 1 N–H and O–H groups in total. The van der Waals surface area contributed by atoms with E-state index in [1.54, 1.807) is 9.20 Å². The van der Waals surface area contributed by atoms with Gasteiger partial charge in [0, 0.05) is 22.4 Å². The van der Waals surface area contributed by atoms with E-state index < -0.39 is 0 Å². The van der Waals surface area contributed by atoms with Crippen LogP contribution in [0, 0.1) is 13.8 Å². The molecular formula is C19H16BrN7O. The summed E-state index contributed by atoms with van der Waals surface area (Å²) >= 11 is 3.52. The zero-order chi connectivity index (χ0) is 19.4. The minimum atomic E-state index is -0.0598. The first-order valence-corrected chi connectivity index (χ1v) is 9.65. The lowest BCUT2D eigenvalue weighted by Crippen LogP contribution is -2.25. The number of hydrogen-bond donors (Lipinski definition) is 1. The summed E-state index contributed by atoms with van der Waals surface area (Å²) in [6, 6.07) is 11.7.